The SMILES string of the molecule is O=C(Oc1ccc(/C=C2\SC(=O)N(Cc3ccccc3Br)C2=O)cc1)c1ccccc1. The van der Waals surface area contributed by atoms with Crippen LogP contribution in [0.25, 0.3) is 6.08 Å². The second kappa shape index (κ2) is 9.32. The zero-order valence-electron chi connectivity index (χ0n) is 16.2. The second-order valence-corrected chi connectivity index (χ2v) is 8.53. The van der Waals surface area contributed by atoms with Gasteiger partial charge in [-0.3, -0.25) is 14.5 Å². The van der Waals surface area contributed by atoms with Crippen LogP contribution in [-0.2, 0) is 11.3 Å². The molecule has 1 aliphatic rings. The van der Waals surface area contributed by atoms with Gasteiger partial charge >= 0.3 is 5.97 Å². The van der Waals surface area contributed by atoms with Crippen molar-refractivity contribution in [2.75, 3.05) is 0 Å². The van der Waals surface area contributed by atoms with Crippen LogP contribution in [-0.4, -0.2) is 22.0 Å². The van der Waals surface area contributed by atoms with Gasteiger partial charge in [-0.2, -0.15) is 0 Å². The molecule has 0 spiro atoms. The first-order valence-electron chi connectivity index (χ1n) is 9.37. The number of amides is 2. The van der Waals surface area contributed by atoms with Crippen LogP contribution in [0.5, 0.6) is 5.75 Å². The fourth-order valence-corrected chi connectivity index (χ4v) is 4.21. The second-order valence-electron chi connectivity index (χ2n) is 6.68. The van der Waals surface area contributed by atoms with Crippen molar-refractivity contribution in [1.82, 2.24) is 4.90 Å². The highest BCUT2D eigenvalue weighted by Gasteiger charge is 2.35. The van der Waals surface area contributed by atoms with Crippen molar-refractivity contribution in [3.63, 3.8) is 0 Å². The van der Waals surface area contributed by atoms with Crippen LogP contribution in [0.15, 0.2) is 88.2 Å². The molecule has 0 bridgehead atoms. The summed E-state index contributed by atoms with van der Waals surface area (Å²) in [6, 6.07) is 23.0. The van der Waals surface area contributed by atoms with Crippen LogP contribution in [0.2, 0.25) is 0 Å². The highest BCUT2D eigenvalue weighted by molar-refractivity contribution is 9.10. The Labute approximate surface area is 191 Å². The third-order valence-electron chi connectivity index (χ3n) is 4.56. The molecule has 1 fully saturated rings. The van der Waals surface area contributed by atoms with E-state index in [2.05, 4.69) is 15.9 Å². The molecule has 154 valence electrons. The van der Waals surface area contributed by atoms with E-state index in [1.165, 1.54) is 4.90 Å². The summed E-state index contributed by atoms with van der Waals surface area (Å²) >= 11 is 4.36. The number of hydrogen-bond acceptors (Lipinski definition) is 5. The van der Waals surface area contributed by atoms with Gasteiger partial charge in [-0.05, 0) is 59.3 Å². The Kier molecular flexibility index (Phi) is 6.34. The summed E-state index contributed by atoms with van der Waals surface area (Å²) in [6.07, 6.45) is 1.66. The molecule has 1 saturated heterocycles. The average Bonchev–Trinajstić information content (AvgIpc) is 3.04. The Morgan fingerprint density at radius 3 is 2.32 bits per heavy atom. The molecule has 0 radical (unpaired) electrons. The van der Waals surface area contributed by atoms with Gasteiger partial charge < -0.3 is 4.74 Å². The highest BCUT2D eigenvalue weighted by atomic mass is 79.9. The predicted octanol–water partition coefficient (Wildman–Crippen LogP) is 5.90. The Hall–Kier alpha value is -3.16. The summed E-state index contributed by atoms with van der Waals surface area (Å²) in [4.78, 5) is 38.8. The van der Waals surface area contributed by atoms with Gasteiger partial charge in [0.1, 0.15) is 5.75 Å². The molecule has 0 aromatic heterocycles. The van der Waals surface area contributed by atoms with Crippen molar-refractivity contribution >= 4 is 50.9 Å². The molecule has 2 amide bonds. The van der Waals surface area contributed by atoms with Gasteiger partial charge in [0.05, 0.1) is 17.0 Å². The summed E-state index contributed by atoms with van der Waals surface area (Å²) in [5, 5.41) is -0.305. The van der Waals surface area contributed by atoms with Crippen molar-refractivity contribution in [3.05, 3.63) is 105 Å². The third kappa shape index (κ3) is 4.95. The number of carbonyl (C=O) groups is 3. The molecule has 4 rings (SSSR count). The van der Waals surface area contributed by atoms with Gasteiger partial charge in [0.2, 0.25) is 0 Å². The molecule has 1 aliphatic heterocycles. The highest BCUT2D eigenvalue weighted by Crippen LogP contribution is 2.34. The minimum Gasteiger partial charge on any atom is -0.423 e. The molecule has 0 atom stereocenters. The quantitative estimate of drug-likeness (QED) is 0.251. The zero-order valence-corrected chi connectivity index (χ0v) is 18.6. The lowest BCUT2D eigenvalue weighted by Crippen LogP contribution is -2.27. The summed E-state index contributed by atoms with van der Waals surface area (Å²) < 4.78 is 6.21. The summed E-state index contributed by atoms with van der Waals surface area (Å²) in [6.45, 7) is 0.206. The van der Waals surface area contributed by atoms with Gasteiger partial charge in [0.15, 0.2) is 0 Å². The first-order chi connectivity index (χ1) is 15.0. The maximum Gasteiger partial charge on any atom is 0.343 e. The van der Waals surface area contributed by atoms with Crippen LogP contribution >= 0.6 is 27.7 Å². The Balaban J connectivity index is 1.45. The van der Waals surface area contributed by atoms with Gasteiger partial charge in [-0.25, -0.2) is 4.79 Å². The van der Waals surface area contributed by atoms with E-state index in [1.54, 1.807) is 54.6 Å². The molecule has 0 saturated carbocycles. The lowest BCUT2D eigenvalue weighted by atomic mass is 10.2. The molecule has 31 heavy (non-hydrogen) atoms. The van der Waals surface area contributed by atoms with Crippen molar-refractivity contribution in [1.29, 1.82) is 0 Å². The fourth-order valence-electron chi connectivity index (χ4n) is 2.96. The van der Waals surface area contributed by atoms with Gasteiger partial charge in [0.25, 0.3) is 11.1 Å². The number of carbonyl (C=O) groups excluding carboxylic acids is 3. The van der Waals surface area contributed by atoms with Crippen molar-refractivity contribution in [2.24, 2.45) is 0 Å². The third-order valence-corrected chi connectivity index (χ3v) is 6.24. The number of halogens is 1. The average molecular weight is 494 g/mol. The standard InChI is InChI=1S/C24H16BrNO4S/c25-20-9-5-4-8-18(20)15-26-22(27)21(31-24(26)29)14-16-10-12-19(13-11-16)30-23(28)17-6-2-1-3-7-17/h1-14H,15H2/b21-14-. The molecular formula is C24H16BrNO4S. The molecule has 0 N–H and O–H groups in total. The van der Waals surface area contributed by atoms with E-state index >= 15 is 0 Å². The van der Waals surface area contributed by atoms with Crippen molar-refractivity contribution < 1.29 is 19.1 Å². The van der Waals surface area contributed by atoms with E-state index in [0.29, 0.717) is 16.2 Å². The van der Waals surface area contributed by atoms with Gasteiger partial charge in [-0.15, -0.1) is 0 Å². The smallest absolute Gasteiger partial charge is 0.343 e. The topological polar surface area (TPSA) is 63.7 Å². The fraction of sp³-hybridized carbons (Fsp3) is 0.0417. The number of hydrogen-bond donors (Lipinski definition) is 0. The number of nitrogens with zero attached hydrogens (tertiary/aromatic N) is 1. The number of esters is 1. The minimum absolute atomic E-state index is 0.206. The number of ether oxygens (including phenoxy) is 1. The minimum atomic E-state index is -0.443. The monoisotopic (exact) mass is 493 g/mol. The normalized spacial score (nSPS) is 14.9. The molecule has 0 unspecified atom stereocenters. The first kappa shape index (κ1) is 21.1. The molecule has 3 aromatic rings. The van der Waals surface area contributed by atoms with E-state index in [-0.39, 0.29) is 17.7 Å². The summed E-state index contributed by atoms with van der Waals surface area (Å²) in [5.74, 6) is -0.375. The lowest BCUT2D eigenvalue weighted by Gasteiger charge is -2.13. The summed E-state index contributed by atoms with van der Waals surface area (Å²) in [5.41, 5.74) is 2.05. The van der Waals surface area contributed by atoms with Gasteiger partial charge in [0, 0.05) is 4.47 Å². The molecular weight excluding hydrogens is 478 g/mol. The van der Waals surface area contributed by atoms with Crippen LogP contribution in [0.3, 0.4) is 0 Å². The van der Waals surface area contributed by atoms with Crippen LogP contribution in [0.1, 0.15) is 21.5 Å². The van der Waals surface area contributed by atoms with Crippen LogP contribution in [0.4, 0.5) is 4.79 Å². The number of rotatable bonds is 5. The van der Waals surface area contributed by atoms with E-state index < -0.39 is 5.97 Å². The van der Waals surface area contributed by atoms with Gasteiger partial charge in [-0.1, -0.05) is 64.5 Å². The zero-order chi connectivity index (χ0) is 21.8. The molecule has 7 heteroatoms. The van der Waals surface area contributed by atoms with Crippen LogP contribution < -0.4 is 4.74 Å². The maximum atomic E-state index is 12.7. The number of thioether (sulfide) groups is 1. The van der Waals surface area contributed by atoms with E-state index in [4.69, 9.17) is 4.74 Å². The summed E-state index contributed by atoms with van der Waals surface area (Å²) in [7, 11) is 0. The van der Waals surface area contributed by atoms with E-state index in [1.807, 2.05) is 30.3 Å². The molecule has 5 nitrogen and oxygen atoms in total. The number of benzene rings is 3. The van der Waals surface area contributed by atoms with Crippen LogP contribution in [0, 0.1) is 0 Å². The van der Waals surface area contributed by atoms with E-state index in [9.17, 15) is 14.4 Å². The molecule has 0 aliphatic carbocycles. The Morgan fingerprint density at radius 2 is 1.61 bits per heavy atom. The maximum absolute atomic E-state index is 12.7. The van der Waals surface area contributed by atoms with Crippen molar-refractivity contribution in [3.8, 4) is 5.75 Å². The molecule has 3 aromatic carbocycles. The number of imide groups is 1. The molecule has 1 heterocycles. The Morgan fingerprint density at radius 1 is 0.935 bits per heavy atom. The largest absolute Gasteiger partial charge is 0.423 e. The first-order valence-corrected chi connectivity index (χ1v) is 11.0. The van der Waals surface area contributed by atoms with E-state index in [0.717, 1.165) is 27.4 Å². The lowest BCUT2D eigenvalue weighted by molar-refractivity contribution is -0.123. The van der Waals surface area contributed by atoms with Crippen molar-refractivity contribution in [2.45, 2.75) is 6.54 Å². The predicted molar refractivity (Wildman–Crippen MR) is 123 cm³/mol. The Bertz CT molecular complexity index is 1180.